The van der Waals surface area contributed by atoms with Crippen LogP contribution in [-0.4, -0.2) is 36.3 Å². The molecule has 1 aromatic heterocycles. The molecule has 116 valence electrons. The molecular formula is C14H20BF2NO3. The van der Waals surface area contributed by atoms with Crippen LogP contribution < -0.4 is 10.2 Å². The Morgan fingerprint density at radius 3 is 2.33 bits per heavy atom. The number of hydrogen-bond acceptors (Lipinski definition) is 4. The molecule has 0 N–H and O–H groups in total. The number of pyridine rings is 1. The molecule has 1 aliphatic heterocycles. The first kappa shape index (κ1) is 16.2. The molecule has 2 rings (SSSR count). The number of aromatic nitrogens is 1. The van der Waals surface area contributed by atoms with E-state index in [1.165, 1.54) is 0 Å². The van der Waals surface area contributed by atoms with Crippen molar-refractivity contribution in [3.05, 3.63) is 18.0 Å². The average molecular weight is 299 g/mol. The summed E-state index contributed by atoms with van der Waals surface area (Å²) in [5.74, 6) is 0.322. The summed E-state index contributed by atoms with van der Waals surface area (Å²) in [6, 6.07) is 1.65. The van der Waals surface area contributed by atoms with Gasteiger partial charge >= 0.3 is 7.12 Å². The minimum atomic E-state index is -2.52. The van der Waals surface area contributed by atoms with Crippen LogP contribution in [0.5, 0.6) is 5.75 Å². The summed E-state index contributed by atoms with van der Waals surface area (Å²) in [6.45, 7) is 8.83. The second-order valence-electron chi connectivity index (χ2n) is 6.14. The highest BCUT2D eigenvalue weighted by atomic mass is 19.3. The van der Waals surface area contributed by atoms with Crippen molar-refractivity contribution in [2.75, 3.05) is 6.61 Å². The quantitative estimate of drug-likeness (QED) is 0.800. The van der Waals surface area contributed by atoms with Gasteiger partial charge in [-0.2, -0.15) is 0 Å². The highest BCUT2D eigenvalue weighted by molar-refractivity contribution is 6.62. The minimum absolute atomic E-state index is 0.322. The van der Waals surface area contributed by atoms with Crippen LogP contribution in [0, 0.1) is 6.92 Å². The third-order valence-corrected chi connectivity index (χ3v) is 3.95. The van der Waals surface area contributed by atoms with Crippen molar-refractivity contribution in [1.82, 2.24) is 4.98 Å². The monoisotopic (exact) mass is 299 g/mol. The van der Waals surface area contributed by atoms with Crippen LogP contribution in [0.2, 0.25) is 0 Å². The first-order chi connectivity index (χ1) is 9.62. The maximum Gasteiger partial charge on any atom is 0.496 e. The molecule has 2 heterocycles. The molecule has 0 atom stereocenters. The van der Waals surface area contributed by atoms with E-state index in [-0.39, 0.29) is 0 Å². The first-order valence-corrected chi connectivity index (χ1v) is 6.85. The van der Waals surface area contributed by atoms with Crippen LogP contribution in [0.25, 0.3) is 0 Å². The van der Waals surface area contributed by atoms with Gasteiger partial charge in [0.2, 0.25) is 0 Å². The van der Waals surface area contributed by atoms with Crippen molar-refractivity contribution >= 4 is 12.6 Å². The van der Waals surface area contributed by atoms with E-state index in [1.807, 2.05) is 27.7 Å². The maximum atomic E-state index is 12.3. The van der Waals surface area contributed by atoms with Crippen molar-refractivity contribution in [2.45, 2.75) is 52.2 Å². The van der Waals surface area contributed by atoms with Crippen molar-refractivity contribution in [2.24, 2.45) is 0 Å². The highest BCUT2D eigenvalue weighted by Crippen LogP contribution is 2.36. The van der Waals surface area contributed by atoms with Crippen molar-refractivity contribution < 1.29 is 22.8 Å². The minimum Gasteiger partial charge on any atom is -0.486 e. The Balaban J connectivity index is 2.20. The van der Waals surface area contributed by atoms with Gasteiger partial charge in [-0.1, -0.05) is 0 Å². The standard InChI is InChI=1S/C14H20BF2NO3/c1-9-11(19-8-12(16)17)6-10(7-18-9)15-20-13(2,3)14(4,5)21-15/h6-7,12H,8H2,1-5H3. The van der Waals surface area contributed by atoms with Gasteiger partial charge in [-0.15, -0.1) is 0 Å². The molecule has 0 unspecified atom stereocenters. The molecule has 0 radical (unpaired) electrons. The summed E-state index contributed by atoms with van der Waals surface area (Å²) in [6.07, 6.45) is -0.905. The van der Waals surface area contributed by atoms with E-state index in [0.717, 1.165) is 0 Å². The van der Waals surface area contributed by atoms with E-state index in [4.69, 9.17) is 14.0 Å². The van der Waals surface area contributed by atoms with Gasteiger partial charge in [0, 0.05) is 11.7 Å². The van der Waals surface area contributed by atoms with E-state index >= 15 is 0 Å². The van der Waals surface area contributed by atoms with Crippen molar-refractivity contribution in [3.8, 4) is 5.75 Å². The van der Waals surface area contributed by atoms with Gasteiger partial charge in [-0.25, -0.2) is 8.78 Å². The predicted molar refractivity (Wildman–Crippen MR) is 76.2 cm³/mol. The Hall–Kier alpha value is -1.21. The second kappa shape index (κ2) is 5.53. The lowest BCUT2D eigenvalue weighted by Gasteiger charge is -2.32. The zero-order chi connectivity index (χ0) is 15.8. The van der Waals surface area contributed by atoms with Gasteiger partial charge < -0.3 is 14.0 Å². The molecule has 1 aliphatic rings. The molecule has 1 aromatic rings. The number of hydrogen-bond donors (Lipinski definition) is 0. The lowest BCUT2D eigenvalue weighted by atomic mass is 9.80. The van der Waals surface area contributed by atoms with E-state index in [1.54, 1.807) is 19.2 Å². The smallest absolute Gasteiger partial charge is 0.486 e. The number of halogens is 2. The van der Waals surface area contributed by atoms with Crippen LogP contribution in [-0.2, 0) is 9.31 Å². The van der Waals surface area contributed by atoms with Crippen molar-refractivity contribution in [3.63, 3.8) is 0 Å². The SMILES string of the molecule is Cc1ncc(B2OC(C)(C)C(C)(C)O2)cc1OCC(F)F. The van der Waals surface area contributed by atoms with Crippen LogP contribution in [0.15, 0.2) is 12.3 Å². The fourth-order valence-electron chi connectivity index (χ4n) is 1.93. The van der Waals surface area contributed by atoms with Crippen LogP contribution in [0.4, 0.5) is 8.78 Å². The third-order valence-electron chi connectivity index (χ3n) is 3.95. The second-order valence-corrected chi connectivity index (χ2v) is 6.14. The molecule has 1 saturated heterocycles. The van der Waals surface area contributed by atoms with E-state index in [2.05, 4.69) is 4.98 Å². The molecular weight excluding hydrogens is 279 g/mol. The molecule has 0 spiro atoms. The lowest BCUT2D eigenvalue weighted by Crippen LogP contribution is -2.41. The zero-order valence-corrected chi connectivity index (χ0v) is 12.9. The van der Waals surface area contributed by atoms with Crippen LogP contribution >= 0.6 is 0 Å². The molecule has 1 fully saturated rings. The topological polar surface area (TPSA) is 40.6 Å². The van der Waals surface area contributed by atoms with Gasteiger partial charge in [0.1, 0.15) is 12.4 Å². The Morgan fingerprint density at radius 2 is 1.81 bits per heavy atom. The predicted octanol–water partition coefficient (Wildman–Crippen LogP) is 2.33. The maximum absolute atomic E-state index is 12.3. The largest absolute Gasteiger partial charge is 0.496 e. The molecule has 0 aliphatic carbocycles. The Morgan fingerprint density at radius 1 is 1.24 bits per heavy atom. The van der Waals surface area contributed by atoms with Gasteiger partial charge in [0.15, 0.2) is 0 Å². The van der Waals surface area contributed by atoms with Gasteiger partial charge in [-0.05, 0) is 40.7 Å². The summed E-state index contributed by atoms with van der Waals surface area (Å²) in [5.41, 5.74) is 0.276. The summed E-state index contributed by atoms with van der Waals surface area (Å²) >= 11 is 0. The summed E-state index contributed by atoms with van der Waals surface area (Å²) in [7, 11) is -0.586. The molecule has 0 saturated carbocycles. The number of rotatable bonds is 4. The number of nitrogens with zero attached hydrogens (tertiary/aromatic N) is 1. The summed E-state index contributed by atoms with van der Waals surface area (Å²) in [4.78, 5) is 4.17. The first-order valence-electron chi connectivity index (χ1n) is 6.85. The summed E-state index contributed by atoms with van der Waals surface area (Å²) in [5, 5.41) is 0. The lowest BCUT2D eigenvalue weighted by molar-refractivity contribution is 0.00578. The molecule has 7 heteroatoms. The molecule has 0 aromatic carbocycles. The van der Waals surface area contributed by atoms with Gasteiger partial charge in [0.05, 0.1) is 16.9 Å². The Bertz CT molecular complexity index is 507. The van der Waals surface area contributed by atoms with Crippen LogP contribution in [0.1, 0.15) is 33.4 Å². The summed E-state index contributed by atoms with van der Waals surface area (Å²) < 4.78 is 41.4. The number of alkyl halides is 2. The normalized spacial score (nSPS) is 20.1. The van der Waals surface area contributed by atoms with E-state index < -0.39 is 31.4 Å². The average Bonchev–Trinajstić information content (AvgIpc) is 2.57. The van der Waals surface area contributed by atoms with E-state index in [9.17, 15) is 8.78 Å². The molecule has 0 amide bonds. The fourth-order valence-corrected chi connectivity index (χ4v) is 1.93. The molecule has 21 heavy (non-hydrogen) atoms. The molecule has 0 bridgehead atoms. The highest BCUT2D eigenvalue weighted by Gasteiger charge is 2.51. The van der Waals surface area contributed by atoms with Gasteiger partial charge in [0.25, 0.3) is 6.43 Å². The van der Waals surface area contributed by atoms with Crippen molar-refractivity contribution in [1.29, 1.82) is 0 Å². The fraction of sp³-hybridized carbons (Fsp3) is 0.643. The zero-order valence-electron chi connectivity index (χ0n) is 12.9. The molecule has 4 nitrogen and oxygen atoms in total. The Kier molecular flexibility index (Phi) is 4.26. The number of aryl methyl sites for hydroxylation is 1. The number of ether oxygens (including phenoxy) is 1. The van der Waals surface area contributed by atoms with Crippen LogP contribution in [0.3, 0.4) is 0 Å². The third kappa shape index (κ3) is 3.35. The van der Waals surface area contributed by atoms with E-state index in [0.29, 0.717) is 16.9 Å². The Labute approximate surface area is 123 Å². The van der Waals surface area contributed by atoms with Gasteiger partial charge in [-0.3, -0.25) is 4.98 Å².